The van der Waals surface area contributed by atoms with Crippen molar-refractivity contribution in [2.45, 2.75) is 38.1 Å². The molecular formula is C25H32N6O2. The van der Waals surface area contributed by atoms with Crippen LogP contribution in [0.15, 0.2) is 41.3 Å². The van der Waals surface area contributed by atoms with Crippen LogP contribution in [0.25, 0.3) is 11.1 Å². The van der Waals surface area contributed by atoms with E-state index < -0.39 is 0 Å². The smallest absolute Gasteiger partial charge is 0.274 e. The molecule has 1 amide bonds. The molecule has 0 saturated carbocycles. The lowest BCUT2D eigenvalue weighted by Gasteiger charge is -2.37. The lowest BCUT2D eigenvalue weighted by atomic mass is 9.90. The highest BCUT2D eigenvalue weighted by Gasteiger charge is 2.26. The van der Waals surface area contributed by atoms with Gasteiger partial charge in [0, 0.05) is 30.9 Å². The van der Waals surface area contributed by atoms with E-state index in [9.17, 15) is 4.79 Å². The maximum absolute atomic E-state index is 13.2. The van der Waals surface area contributed by atoms with Crippen LogP contribution in [0.5, 0.6) is 0 Å². The van der Waals surface area contributed by atoms with E-state index in [1.165, 1.54) is 0 Å². The quantitative estimate of drug-likeness (QED) is 0.630. The highest BCUT2D eigenvalue weighted by atomic mass is 16.3. The number of piperidine rings is 2. The standard InChI is InChI=1S/C25H32N6O2/c1-16-11-18(26)14-31(13-16)22-5-8-27-12-21(22)29-25(32)20-3-4-23-24(28-20)19(15-33-23)17-6-9-30(2)10-7-17/h3-5,8,12,15-18H,6-7,9-11,13-14,26H2,1-2H3,(H,29,32). The molecule has 2 atom stereocenters. The molecule has 0 radical (unpaired) electrons. The Balaban J connectivity index is 1.38. The minimum Gasteiger partial charge on any atom is -0.462 e. The second-order valence-corrected chi connectivity index (χ2v) is 9.66. The molecule has 0 aromatic carbocycles. The number of carbonyl (C=O) groups is 1. The maximum atomic E-state index is 13.2. The van der Waals surface area contributed by atoms with Gasteiger partial charge in [-0.25, -0.2) is 4.98 Å². The number of nitrogens with two attached hydrogens (primary N) is 1. The van der Waals surface area contributed by atoms with E-state index in [0.29, 0.717) is 23.2 Å². The molecule has 33 heavy (non-hydrogen) atoms. The lowest BCUT2D eigenvalue weighted by Crippen LogP contribution is -2.46. The summed E-state index contributed by atoms with van der Waals surface area (Å²) < 4.78 is 5.76. The molecule has 5 heterocycles. The number of amides is 1. The van der Waals surface area contributed by atoms with E-state index in [4.69, 9.17) is 15.1 Å². The molecule has 2 fully saturated rings. The first-order valence-corrected chi connectivity index (χ1v) is 11.8. The van der Waals surface area contributed by atoms with Crippen LogP contribution < -0.4 is 16.0 Å². The fraction of sp³-hybridized carbons (Fsp3) is 0.480. The minimum absolute atomic E-state index is 0.119. The van der Waals surface area contributed by atoms with Gasteiger partial charge < -0.3 is 25.3 Å². The van der Waals surface area contributed by atoms with Gasteiger partial charge in [-0.05, 0) is 69.4 Å². The Bertz CT molecular complexity index is 1130. The first-order chi connectivity index (χ1) is 16.0. The third-order valence-electron chi connectivity index (χ3n) is 6.91. The Labute approximate surface area is 194 Å². The van der Waals surface area contributed by atoms with E-state index in [1.54, 1.807) is 18.5 Å². The summed E-state index contributed by atoms with van der Waals surface area (Å²) in [7, 11) is 2.15. The van der Waals surface area contributed by atoms with Gasteiger partial charge in [0.05, 0.1) is 23.8 Å². The van der Waals surface area contributed by atoms with Crippen LogP contribution in [0, 0.1) is 5.92 Å². The number of hydrogen-bond acceptors (Lipinski definition) is 7. The Morgan fingerprint density at radius 1 is 1.21 bits per heavy atom. The Morgan fingerprint density at radius 2 is 2.03 bits per heavy atom. The number of anilines is 2. The fourth-order valence-corrected chi connectivity index (χ4v) is 5.21. The van der Waals surface area contributed by atoms with Gasteiger partial charge in [-0.15, -0.1) is 0 Å². The molecule has 8 nitrogen and oxygen atoms in total. The van der Waals surface area contributed by atoms with Gasteiger partial charge in [-0.2, -0.15) is 0 Å². The zero-order valence-electron chi connectivity index (χ0n) is 19.3. The number of furan rings is 1. The monoisotopic (exact) mass is 448 g/mol. The average molecular weight is 449 g/mol. The van der Waals surface area contributed by atoms with E-state index in [-0.39, 0.29) is 11.9 Å². The molecule has 2 aliphatic rings. The van der Waals surface area contributed by atoms with Gasteiger partial charge in [0.15, 0.2) is 5.58 Å². The number of carbonyl (C=O) groups excluding carboxylic acids is 1. The van der Waals surface area contributed by atoms with Gasteiger partial charge in [-0.1, -0.05) is 6.92 Å². The van der Waals surface area contributed by atoms with Gasteiger partial charge in [0.1, 0.15) is 11.2 Å². The van der Waals surface area contributed by atoms with Crippen LogP contribution in [-0.2, 0) is 0 Å². The zero-order chi connectivity index (χ0) is 22.9. The first-order valence-electron chi connectivity index (χ1n) is 11.8. The van der Waals surface area contributed by atoms with Gasteiger partial charge in [-0.3, -0.25) is 9.78 Å². The van der Waals surface area contributed by atoms with Crippen LogP contribution in [0.3, 0.4) is 0 Å². The Morgan fingerprint density at radius 3 is 2.82 bits per heavy atom. The van der Waals surface area contributed by atoms with Gasteiger partial charge >= 0.3 is 0 Å². The van der Waals surface area contributed by atoms with Crippen LogP contribution in [0.1, 0.15) is 48.2 Å². The number of nitrogens with one attached hydrogen (secondary N) is 1. The number of hydrogen-bond donors (Lipinski definition) is 2. The normalized spacial score (nSPS) is 22.6. The number of fused-ring (bicyclic) bond motifs is 1. The second-order valence-electron chi connectivity index (χ2n) is 9.66. The predicted octanol–water partition coefficient (Wildman–Crippen LogP) is 3.46. The summed E-state index contributed by atoms with van der Waals surface area (Å²) in [5.74, 6) is 0.646. The van der Waals surface area contributed by atoms with E-state index in [1.807, 2.05) is 18.4 Å². The molecule has 2 unspecified atom stereocenters. The summed E-state index contributed by atoms with van der Waals surface area (Å²) in [6.07, 6.45) is 8.40. The molecule has 2 aliphatic heterocycles. The van der Waals surface area contributed by atoms with Crippen molar-refractivity contribution in [1.82, 2.24) is 14.9 Å². The van der Waals surface area contributed by atoms with Crippen LogP contribution in [0.4, 0.5) is 11.4 Å². The number of rotatable bonds is 4. The largest absolute Gasteiger partial charge is 0.462 e. The molecule has 3 N–H and O–H groups in total. The molecule has 2 saturated heterocycles. The minimum atomic E-state index is -0.254. The van der Waals surface area contributed by atoms with Crippen molar-refractivity contribution in [3.05, 3.63) is 48.1 Å². The number of pyridine rings is 2. The van der Waals surface area contributed by atoms with Crippen molar-refractivity contribution in [1.29, 1.82) is 0 Å². The summed E-state index contributed by atoms with van der Waals surface area (Å²) in [4.78, 5) is 26.7. The van der Waals surface area contributed by atoms with E-state index >= 15 is 0 Å². The summed E-state index contributed by atoms with van der Waals surface area (Å²) in [6.45, 7) is 5.98. The molecule has 0 spiro atoms. The summed E-state index contributed by atoms with van der Waals surface area (Å²) in [6, 6.07) is 5.61. The molecule has 8 heteroatoms. The van der Waals surface area contributed by atoms with E-state index in [0.717, 1.165) is 67.8 Å². The molecule has 5 rings (SSSR count). The third kappa shape index (κ3) is 4.58. The van der Waals surface area contributed by atoms with Crippen molar-refractivity contribution in [3.8, 4) is 0 Å². The number of nitrogens with zero attached hydrogens (tertiary/aromatic N) is 4. The van der Waals surface area contributed by atoms with E-state index in [2.05, 4.69) is 34.1 Å². The molecule has 0 aliphatic carbocycles. The Kier molecular flexibility index (Phi) is 6.03. The van der Waals surface area contributed by atoms with Crippen molar-refractivity contribution in [2.75, 3.05) is 43.4 Å². The maximum Gasteiger partial charge on any atom is 0.274 e. The molecule has 0 bridgehead atoms. The van der Waals surface area contributed by atoms with Crippen molar-refractivity contribution in [2.24, 2.45) is 11.7 Å². The highest BCUT2D eigenvalue weighted by Crippen LogP contribution is 2.34. The highest BCUT2D eigenvalue weighted by molar-refractivity contribution is 6.05. The lowest BCUT2D eigenvalue weighted by molar-refractivity contribution is 0.102. The summed E-state index contributed by atoms with van der Waals surface area (Å²) >= 11 is 0. The van der Waals surface area contributed by atoms with Crippen LogP contribution in [0.2, 0.25) is 0 Å². The average Bonchev–Trinajstić information content (AvgIpc) is 3.22. The van der Waals surface area contributed by atoms with Gasteiger partial charge in [0.25, 0.3) is 5.91 Å². The van der Waals surface area contributed by atoms with Crippen molar-refractivity contribution < 1.29 is 9.21 Å². The topological polar surface area (TPSA) is 101 Å². The van der Waals surface area contributed by atoms with Crippen LogP contribution >= 0.6 is 0 Å². The Hall–Kier alpha value is -2.97. The molecular weight excluding hydrogens is 416 g/mol. The third-order valence-corrected chi connectivity index (χ3v) is 6.91. The van der Waals surface area contributed by atoms with Crippen LogP contribution in [-0.4, -0.2) is 60.0 Å². The van der Waals surface area contributed by atoms with Crippen molar-refractivity contribution >= 4 is 28.4 Å². The molecule has 174 valence electrons. The van der Waals surface area contributed by atoms with Crippen molar-refractivity contribution in [3.63, 3.8) is 0 Å². The summed E-state index contributed by atoms with van der Waals surface area (Å²) in [5, 5.41) is 3.03. The first kappa shape index (κ1) is 21.9. The SMILES string of the molecule is CC1CC(N)CN(c2ccncc2NC(=O)c2ccc3occ(C4CCN(C)CC4)c3n2)C1. The van der Waals surface area contributed by atoms with Gasteiger partial charge in [0.2, 0.25) is 0 Å². The zero-order valence-corrected chi connectivity index (χ0v) is 19.3. The number of likely N-dealkylation sites (tertiary alicyclic amines) is 1. The predicted molar refractivity (Wildman–Crippen MR) is 130 cm³/mol. The molecule has 3 aromatic rings. The summed E-state index contributed by atoms with van der Waals surface area (Å²) in [5.41, 5.74) is 10.9. The molecule has 3 aromatic heterocycles. The fourth-order valence-electron chi connectivity index (χ4n) is 5.21. The number of aromatic nitrogens is 2. The second kappa shape index (κ2) is 9.11.